The van der Waals surface area contributed by atoms with Crippen LogP contribution in [0.15, 0.2) is 9.95 Å². The number of fused-ring (bicyclic) bond motifs is 3. The van der Waals surface area contributed by atoms with Crippen molar-refractivity contribution in [3.05, 3.63) is 20.8 Å². The minimum atomic E-state index is -4.45. The van der Waals surface area contributed by atoms with Gasteiger partial charge in [0.2, 0.25) is 5.91 Å². The summed E-state index contributed by atoms with van der Waals surface area (Å²) < 4.78 is 38.5. The van der Waals surface area contributed by atoms with E-state index in [2.05, 4.69) is 4.98 Å². The van der Waals surface area contributed by atoms with E-state index in [1.165, 1.54) is 16.2 Å². The Morgan fingerprint density at radius 3 is 2.72 bits per heavy atom. The number of nitrogens with zero attached hydrogens (tertiary/aromatic N) is 2. The maximum Gasteiger partial charge on any atom is 0.405 e. The first-order valence-electron chi connectivity index (χ1n) is 9.74. The van der Waals surface area contributed by atoms with Crippen molar-refractivity contribution in [2.24, 2.45) is 0 Å². The minimum Gasteiger partial charge on any atom is -0.346 e. The number of aromatic nitrogens is 2. The molecular formula is C19H24F3N3O2S2. The molecule has 2 aromatic rings. The molecule has 0 saturated heterocycles. The Hall–Kier alpha value is -1.55. The van der Waals surface area contributed by atoms with Crippen LogP contribution in [0.2, 0.25) is 0 Å². The highest BCUT2D eigenvalue weighted by Gasteiger charge is 2.28. The summed E-state index contributed by atoms with van der Waals surface area (Å²) in [5.41, 5.74) is 0.999. The lowest BCUT2D eigenvalue weighted by atomic mass is 10.1. The van der Waals surface area contributed by atoms with E-state index in [0.29, 0.717) is 21.8 Å². The van der Waals surface area contributed by atoms with Crippen molar-refractivity contribution in [3.8, 4) is 0 Å². The predicted octanol–water partition coefficient (Wildman–Crippen LogP) is 4.47. The maximum atomic E-state index is 13.4. The van der Waals surface area contributed by atoms with Gasteiger partial charge in [-0.05, 0) is 44.6 Å². The van der Waals surface area contributed by atoms with Crippen LogP contribution in [-0.2, 0) is 17.6 Å². The second kappa shape index (κ2) is 9.07. The Kier molecular flexibility index (Phi) is 6.93. The molecule has 1 aliphatic carbocycles. The molecule has 1 unspecified atom stereocenters. The van der Waals surface area contributed by atoms with Gasteiger partial charge in [-0.25, -0.2) is 4.98 Å². The monoisotopic (exact) mass is 447 g/mol. The molecule has 2 heterocycles. The molecule has 1 atom stereocenters. The van der Waals surface area contributed by atoms with Gasteiger partial charge in [0.25, 0.3) is 5.56 Å². The first-order chi connectivity index (χ1) is 13.7. The van der Waals surface area contributed by atoms with Gasteiger partial charge in [-0.2, -0.15) is 13.2 Å². The number of rotatable bonds is 6. The van der Waals surface area contributed by atoms with E-state index in [1.807, 2.05) is 19.2 Å². The summed E-state index contributed by atoms with van der Waals surface area (Å²) in [5.74, 6) is -0.963. The maximum absolute atomic E-state index is 13.4. The Balaban J connectivity index is 1.94. The quantitative estimate of drug-likeness (QED) is 0.403. The third-order valence-electron chi connectivity index (χ3n) is 5.09. The van der Waals surface area contributed by atoms with Crippen LogP contribution < -0.4 is 10.9 Å². The third-order valence-corrected chi connectivity index (χ3v) is 7.23. The number of halogens is 3. The zero-order valence-corrected chi connectivity index (χ0v) is 18.0. The molecular weight excluding hydrogens is 423 g/mol. The molecule has 0 saturated carbocycles. The lowest BCUT2D eigenvalue weighted by Gasteiger charge is -2.17. The van der Waals surface area contributed by atoms with Crippen LogP contribution in [0.4, 0.5) is 13.2 Å². The molecule has 1 N–H and O–H groups in total. The number of thiophene rings is 1. The second-order valence-corrected chi connectivity index (χ2v) is 9.28. The zero-order valence-electron chi connectivity index (χ0n) is 16.4. The van der Waals surface area contributed by atoms with Crippen molar-refractivity contribution in [1.29, 1.82) is 0 Å². The number of hydrogen-bond acceptors (Lipinski definition) is 5. The molecule has 160 valence electrons. The fourth-order valence-electron chi connectivity index (χ4n) is 3.43. The Morgan fingerprint density at radius 2 is 2.03 bits per heavy atom. The van der Waals surface area contributed by atoms with Gasteiger partial charge in [-0.3, -0.25) is 14.2 Å². The molecule has 1 amide bonds. The van der Waals surface area contributed by atoms with Crippen LogP contribution in [-0.4, -0.2) is 33.9 Å². The van der Waals surface area contributed by atoms with Crippen LogP contribution in [0, 0.1) is 0 Å². The molecule has 10 heteroatoms. The number of thioether (sulfide) groups is 1. The summed E-state index contributed by atoms with van der Waals surface area (Å²) in [6, 6.07) is -0.124. The van der Waals surface area contributed by atoms with E-state index in [-0.39, 0.29) is 17.4 Å². The first kappa shape index (κ1) is 22.1. The highest BCUT2D eigenvalue weighted by molar-refractivity contribution is 7.99. The summed E-state index contributed by atoms with van der Waals surface area (Å²) in [6.07, 6.45) is 1.37. The minimum absolute atomic E-state index is 0.109. The number of carbonyl (C=O) groups excluding carboxylic acids is 1. The number of alkyl halides is 3. The van der Waals surface area contributed by atoms with Crippen LogP contribution in [0.5, 0.6) is 0 Å². The molecule has 0 aromatic carbocycles. The molecule has 0 fully saturated rings. The standard InChI is InChI=1S/C19H24F3N3O2S2/c1-3-11(2)25-17(27)15-12-7-5-4-6-8-13(12)29-16(15)24-18(25)28-9-14(26)23-10-19(20,21)22/h11H,3-10H2,1-2H3,(H,23,26). The topological polar surface area (TPSA) is 64.0 Å². The van der Waals surface area contributed by atoms with Gasteiger partial charge < -0.3 is 5.32 Å². The molecule has 1 aliphatic rings. The van der Waals surface area contributed by atoms with Crippen molar-refractivity contribution in [2.75, 3.05) is 12.3 Å². The molecule has 29 heavy (non-hydrogen) atoms. The molecule has 0 bridgehead atoms. The van der Waals surface area contributed by atoms with Gasteiger partial charge >= 0.3 is 6.18 Å². The molecule has 0 aliphatic heterocycles. The summed E-state index contributed by atoms with van der Waals surface area (Å²) in [4.78, 5) is 31.7. The zero-order chi connectivity index (χ0) is 21.2. The first-order valence-corrected chi connectivity index (χ1v) is 11.5. The molecule has 0 spiro atoms. The van der Waals surface area contributed by atoms with E-state index in [1.54, 1.807) is 4.57 Å². The van der Waals surface area contributed by atoms with Crippen LogP contribution in [0.25, 0.3) is 10.2 Å². The van der Waals surface area contributed by atoms with Crippen molar-refractivity contribution in [2.45, 2.75) is 69.7 Å². The molecule has 5 nitrogen and oxygen atoms in total. The second-order valence-electron chi connectivity index (χ2n) is 7.25. The van der Waals surface area contributed by atoms with Gasteiger partial charge in [-0.1, -0.05) is 25.1 Å². The Labute approximate surface area is 175 Å². The SMILES string of the molecule is CCC(C)n1c(SCC(=O)NCC(F)(F)F)nc2sc3c(c2c1=O)CCCCC3. The fraction of sp³-hybridized carbons (Fsp3) is 0.632. The average molecular weight is 448 g/mol. The van der Waals surface area contributed by atoms with Crippen molar-refractivity contribution in [1.82, 2.24) is 14.9 Å². The number of aryl methyl sites for hydroxylation is 2. The predicted molar refractivity (Wildman–Crippen MR) is 110 cm³/mol. The van der Waals surface area contributed by atoms with E-state index < -0.39 is 18.6 Å². The summed E-state index contributed by atoms with van der Waals surface area (Å²) in [6.45, 7) is 2.50. The highest BCUT2D eigenvalue weighted by Crippen LogP contribution is 2.34. The van der Waals surface area contributed by atoms with Gasteiger partial charge in [0, 0.05) is 10.9 Å². The highest BCUT2D eigenvalue weighted by atomic mass is 32.2. The fourth-order valence-corrected chi connectivity index (χ4v) is 5.66. The van der Waals surface area contributed by atoms with Gasteiger partial charge in [0.15, 0.2) is 5.16 Å². The smallest absolute Gasteiger partial charge is 0.346 e. The van der Waals surface area contributed by atoms with E-state index in [4.69, 9.17) is 0 Å². The van der Waals surface area contributed by atoms with E-state index in [9.17, 15) is 22.8 Å². The normalized spacial score (nSPS) is 15.8. The van der Waals surface area contributed by atoms with Gasteiger partial charge in [0.1, 0.15) is 11.4 Å². The number of carbonyl (C=O) groups is 1. The lowest BCUT2D eigenvalue weighted by Crippen LogP contribution is -2.35. The van der Waals surface area contributed by atoms with E-state index >= 15 is 0 Å². The average Bonchev–Trinajstić information content (AvgIpc) is 2.85. The Morgan fingerprint density at radius 1 is 1.31 bits per heavy atom. The summed E-state index contributed by atoms with van der Waals surface area (Å²) in [5, 5.41) is 2.92. The third kappa shape index (κ3) is 5.14. The van der Waals surface area contributed by atoms with Crippen LogP contribution in [0.3, 0.4) is 0 Å². The molecule has 3 rings (SSSR count). The van der Waals surface area contributed by atoms with E-state index in [0.717, 1.165) is 49.4 Å². The van der Waals surface area contributed by atoms with Crippen LogP contribution >= 0.6 is 23.1 Å². The van der Waals surface area contributed by atoms with Crippen molar-refractivity contribution >= 4 is 39.2 Å². The molecule has 2 aromatic heterocycles. The van der Waals surface area contributed by atoms with Crippen molar-refractivity contribution < 1.29 is 18.0 Å². The number of nitrogens with one attached hydrogen (secondary N) is 1. The summed E-state index contributed by atoms with van der Waals surface area (Å²) in [7, 11) is 0. The number of amides is 1. The Bertz CT molecular complexity index is 953. The summed E-state index contributed by atoms with van der Waals surface area (Å²) >= 11 is 2.54. The van der Waals surface area contributed by atoms with Gasteiger partial charge in [0.05, 0.1) is 11.1 Å². The van der Waals surface area contributed by atoms with Crippen LogP contribution in [0.1, 0.15) is 56.0 Å². The largest absolute Gasteiger partial charge is 0.405 e. The van der Waals surface area contributed by atoms with Gasteiger partial charge in [-0.15, -0.1) is 11.3 Å². The number of hydrogen-bond donors (Lipinski definition) is 1. The van der Waals surface area contributed by atoms with Crippen molar-refractivity contribution in [3.63, 3.8) is 0 Å². The molecule has 0 radical (unpaired) electrons. The lowest BCUT2D eigenvalue weighted by molar-refractivity contribution is -0.136.